The fourth-order valence-corrected chi connectivity index (χ4v) is 3.89. The van der Waals surface area contributed by atoms with Crippen LogP contribution in [0.5, 0.6) is 0 Å². The van der Waals surface area contributed by atoms with Crippen LogP contribution in [0.4, 0.5) is 0 Å². The van der Waals surface area contributed by atoms with Gasteiger partial charge < -0.3 is 4.90 Å². The highest BCUT2D eigenvalue weighted by atomic mass is 16.2. The summed E-state index contributed by atoms with van der Waals surface area (Å²) in [4.78, 5) is 33.9. The first kappa shape index (κ1) is 14.4. The minimum Gasteiger partial charge on any atom is -0.337 e. The van der Waals surface area contributed by atoms with Crippen LogP contribution in [0.15, 0.2) is 17.1 Å². The highest BCUT2D eigenvalue weighted by molar-refractivity contribution is 5.93. The molecular weight excluding hydrogens is 294 g/mol. The summed E-state index contributed by atoms with van der Waals surface area (Å²) in [6.45, 7) is 3.25. The molecule has 1 N–H and O–H groups in total. The number of aryl methyl sites for hydroxylation is 1. The van der Waals surface area contributed by atoms with E-state index >= 15 is 0 Å². The van der Waals surface area contributed by atoms with Gasteiger partial charge in [-0.1, -0.05) is 0 Å². The Labute approximate surface area is 133 Å². The maximum atomic E-state index is 12.8. The second-order valence-electron chi connectivity index (χ2n) is 6.70. The third kappa shape index (κ3) is 2.26. The molecule has 2 aliphatic heterocycles. The van der Waals surface area contributed by atoms with Gasteiger partial charge in [0, 0.05) is 43.1 Å². The van der Waals surface area contributed by atoms with E-state index in [1.54, 1.807) is 6.07 Å². The van der Waals surface area contributed by atoms with Gasteiger partial charge in [0.15, 0.2) is 5.65 Å². The van der Waals surface area contributed by atoms with Crippen LogP contribution in [0.25, 0.3) is 5.65 Å². The Kier molecular flexibility index (Phi) is 3.26. The molecule has 0 saturated carbocycles. The Morgan fingerprint density at radius 1 is 1.30 bits per heavy atom. The van der Waals surface area contributed by atoms with E-state index in [0.717, 1.165) is 18.5 Å². The minimum atomic E-state index is -0.323. The van der Waals surface area contributed by atoms with E-state index in [9.17, 15) is 9.59 Å². The number of aromatic nitrogens is 3. The number of likely N-dealkylation sites (N-methyl/N-ethyl adjacent to an activating group) is 1. The van der Waals surface area contributed by atoms with Crippen molar-refractivity contribution in [1.29, 1.82) is 0 Å². The van der Waals surface area contributed by atoms with E-state index in [2.05, 4.69) is 22.0 Å². The first-order valence-corrected chi connectivity index (χ1v) is 8.13. The van der Waals surface area contributed by atoms with E-state index < -0.39 is 0 Å². The van der Waals surface area contributed by atoms with Gasteiger partial charge in [0.2, 0.25) is 0 Å². The number of hydrogen-bond acceptors (Lipinski definition) is 4. The lowest BCUT2D eigenvalue weighted by atomic mass is 10.1. The second kappa shape index (κ2) is 5.19. The Morgan fingerprint density at radius 3 is 2.91 bits per heavy atom. The van der Waals surface area contributed by atoms with Gasteiger partial charge in [-0.15, -0.1) is 0 Å². The minimum absolute atomic E-state index is 0.143. The largest absolute Gasteiger partial charge is 0.337 e. The van der Waals surface area contributed by atoms with Crippen LogP contribution in [-0.2, 0) is 0 Å². The number of amides is 1. The van der Waals surface area contributed by atoms with Crippen molar-refractivity contribution in [3.8, 4) is 0 Å². The maximum Gasteiger partial charge on any atom is 0.285 e. The van der Waals surface area contributed by atoms with Crippen LogP contribution < -0.4 is 5.56 Å². The molecule has 2 bridgehead atoms. The number of aromatic amines is 1. The SMILES string of the molecule is Cc1cc2ncc(C(=O)N3CC[C@H]4CC[C@@H](C3)N4C)c(=O)n2[nH]1. The normalized spacial score (nSPS) is 25.0. The molecule has 0 unspecified atom stereocenters. The predicted molar refractivity (Wildman–Crippen MR) is 85.6 cm³/mol. The number of nitrogens with zero attached hydrogens (tertiary/aromatic N) is 4. The average Bonchev–Trinajstić information content (AvgIpc) is 2.99. The molecule has 0 radical (unpaired) electrons. The monoisotopic (exact) mass is 315 g/mol. The molecule has 0 aromatic carbocycles. The molecule has 1 amide bonds. The highest BCUT2D eigenvalue weighted by Gasteiger charge is 2.36. The Morgan fingerprint density at radius 2 is 2.09 bits per heavy atom. The summed E-state index contributed by atoms with van der Waals surface area (Å²) in [5, 5.41) is 2.93. The Bertz CT molecular complexity index is 823. The van der Waals surface area contributed by atoms with Crippen molar-refractivity contribution in [2.45, 2.75) is 38.3 Å². The smallest absolute Gasteiger partial charge is 0.285 e. The van der Waals surface area contributed by atoms with Crippen molar-refractivity contribution in [2.75, 3.05) is 20.1 Å². The lowest BCUT2D eigenvalue weighted by Gasteiger charge is -2.25. The summed E-state index contributed by atoms with van der Waals surface area (Å²) >= 11 is 0. The summed E-state index contributed by atoms with van der Waals surface area (Å²) in [5.74, 6) is -0.204. The molecule has 2 atom stereocenters. The quantitative estimate of drug-likeness (QED) is 0.838. The van der Waals surface area contributed by atoms with E-state index in [1.807, 2.05) is 11.8 Å². The van der Waals surface area contributed by atoms with Crippen molar-refractivity contribution in [3.63, 3.8) is 0 Å². The zero-order valence-electron chi connectivity index (χ0n) is 13.5. The first-order chi connectivity index (χ1) is 11.0. The van der Waals surface area contributed by atoms with Crippen molar-refractivity contribution in [2.24, 2.45) is 0 Å². The van der Waals surface area contributed by atoms with Gasteiger partial charge in [0.1, 0.15) is 5.56 Å². The molecule has 0 spiro atoms. The fourth-order valence-electron chi connectivity index (χ4n) is 3.89. The van der Waals surface area contributed by atoms with Gasteiger partial charge in [-0.2, -0.15) is 0 Å². The molecule has 23 heavy (non-hydrogen) atoms. The highest BCUT2D eigenvalue weighted by Crippen LogP contribution is 2.28. The van der Waals surface area contributed by atoms with Gasteiger partial charge in [-0.3, -0.25) is 19.6 Å². The van der Waals surface area contributed by atoms with Crippen LogP contribution >= 0.6 is 0 Å². The second-order valence-corrected chi connectivity index (χ2v) is 6.70. The summed E-state index contributed by atoms with van der Waals surface area (Å²) in [6, 6.07) is 2.75. The fraction of sp³-hybridized carbons (Fsp3) is 0.562. The lowest BCUT2D eigenvalue weighted by molar-refractivity contribution is 0.0737. The number of likely N-dealkylation sites (tertiary alicyclic amines) is 1. The van der Waals surface area contributed by atoms with Crippen LogP contribution in [0.2, 0.25) is 0 Å². The number of rotatable bonds is 1. The standard InChI is InChI=1S/C16H21N5O2/c1-10-7-14-17-8-13(16(23)21(14)18-10)15(22)20-6-5-11-3-4-12(9-20)19(11)2/h7-8,11-12,18H,3-6,9H2,1-2H3/t11-,12+/m1/s1. The number of H-pyrrole nitrogens is 1. The molecule has 122 valence electrons. The van der Waals surface area contributed by atoms with Gasteiger partial charge in [-0.25, -0.2) is 9.50 Å². The van der Waals surface area contributed by atoms with Crippen molar-refractivity contribution < 1.29 is 4.79 Å². The topological polar surface area (TPSA) is 73.7 Å². The number of nitrogens with one attached hydrogen (secondary N) is 1. The van der Waals surface area contributed by atoms with Gasteiger partial charge in [0.05, 0.1) is 0 Å². The molecule has 4 heterocycles. The number of carbonyl (C=O) groups is 1. The zero-order chi connectivity index (χ0) is 16.1. The average molecular weight is 315 g/mol. The predicted octanol–water partition coefficient (Wildman–Crippen LogP) is 0.640. The van der Waals surface area contributed by atoms with E-state index in [0.29, 0.717) is 30.8 Å². The Hall–Kier alpha value is -2.15. The number of hydrogen-bond donors (Lipinski definition) is 1. The number of fused-ring (bicyclic) bond motifs is 3. The lowest BCUT2D eigenvalue weighted by Crippen LogP contribution is -2.41. The molecule has 2 aliphatic rings. The summed E-state index contributed by atoms with van der Waals surface area (Å²) in [7, 11) is 2.14. The molecular formula is C16H21N5O2. The van der Waals surface area contributed by atoms with E-state index in [-0.39, 0.29) is 17.0 Å². The third-order valence-corrected chi connectivity index (χ3v) is 5.29. The molecule has 2 aromatic heterocycles. The van der Waals surface area contributed by atoms with E-state index in [1.165, 1.54) is 17.1 Å². The molecule has 2 fully saturated rings. The van der Waals surface area contributed by atoms with Crippen molar-refractivity contribution in [1.82, 2.24) is 24.4 Å². The summed E-state index contributed by atoms with van der Waals surface area (Å²) in [6.07, 6.45) is 4.72. The molecule has 2 aromatic rings. The number of carbonyl (C=O) groups excluding carboxylic acids is 1. The van der Waals surface area contributed by atoms with Gasteiger partial charge in [-0.05, 0) is 33.2 Å². The summed E-state index contributed by atoms with van der Waals surface area (Å²) in [5.41, 5.74) is 1.20. The Balaban J connectivity index is 1.66. The zero-order valence-corrected chi connectivity index (χ0v) is 13.5. The molecule has 2 saturated heterocycles. The molecule has 7 nitrogen and oxygen atoms in total. The van der Waals surface area contributed by atoms with Crippen molar-refractivity contribution >= 4 is 11.6 Å². The third-order valence-electron chi connectivity index (χ3n) is 5.29. The van der Waals surface area contributed by atoms with Crippen LogP contribution in [0.1, 0.15) is 35.3 Å². The summed E-state index contributed by atoms with van der Waals surface area (Å²) < 4.78 is 1.35. The van der Waals surface area contributed by atoms with Crippen LogP contribution in [0.3, 0.4) is 0 Å². The first-order valence-electron chi connectivity index (χ1n) is 8.13. The maximum absolute atomic E-state index is 12.8. The van der Waals surface area contributed by atoms with Gasteiger partial charge in [0.25, 0.3) is 11.5 Å². The van der Waals surface area contributed by atoms with Crippen LogP contribution in [0, 0.1) is 6.92 Å². The van der Waals surface area contributed by atoms with Gasteiger partial charge >= 0.3 is 0 Å². The van der Waals surface area contributed by atoms with Crippen molar-refractivity contribution in [3.05, 3.63) is 33.9 Å². The molecule has 0 aliphatic carbocycles. The molecule has 4 rings (SSSR count). The molecule has 7 heteroatoms. The van der Waals surface area contributed by atoms with Crippen LogP contribution in [-0.4, -0.2) is 62.5 Å². The van der Waals surface area contributed by atoms with E-state index in [4.69, 9.17) is 0 Å².